The third kappa shape index (κ3) is 7.84. The second-order valence-corrected chi connectivity index (χ2v) is 7.52. The maximum Gasteiger partial charge on any atom is 0.286 e. The second kappa shape index (κ2) is 13.3. The van der Waals surface area contributed by atoms with Crippen molar-refractivity contribution < 1.29 is 29.0 Å². The molecular formula is C24H29N3O7. The molecule has 1 aliphatic rings. The van der Waals surface area contributed by atoms with Gasteiger partial charge < -0.3 is 30.0 Å². The smallest absolute Gasteiger partial charge is 0.286 e. The molecule has 3 rings (SSSR count). The van der Waals surface area contributed by atoms with E-state index in [4.69, 9.17) is 19.3 Å². The van der Waals surface area contributed by atoms with Crippen molar-refractivity contribution in [3.63, 3.8) is 0 Å². The van der Waals surface area contributed by atoms with Crippen LogP contribution in [0.3, 0.4) is 0 Å². The number of allylic oxidation sites excluding steroid dienone is 1. The summed E-state index contributed by atoms with van der Waals surface area (Å²) in [6.45, 7) is 1.54. The average Bonchev–Trinajstić information content (AvgIpc) is 2.87. The van der Waals surface area contributed by atoms with Crippen LogP contribution in [0.2, 0.25) is 0 Å². The van der Waals surface area contributed by atoms with E-state index < -0.39 is 11.2 Å². The summed E-state index contributed by atoms with van der Waals surface area (Å²) in [5.74, 6) is -0.203. The monoisotopic (exact) mass is 471 g/mol. The highest BCUT2D eigenvalue weighted by Gasteiger charge is 2.28. The zero-order valence-corrected chi connectivity index (χ0v) is 18.7. The summed E-state index contributed by atoms with van der Waals surface area (Å²) in [4.78, 5) is 23.0. The highest BCUT2D eigenvalue weighted by atomic mass is 16.7. The molecule has 2 aromatic rings. The average molecular weight is 472 g/mol. The van der Waals surface area contributed by atoms with Gasteiger partial charge >= 0.3 is 0 Å². The molecule has 0 spiro atoms. The maximum absolute atomic E-state index is 12.8. The summed E-state index contributed by atoms with van der Waals surface area (Å²) in [5, 5.41) is 25.4. The summed E-state index contributed by atoms with van der Waals surface area (Å²) < 4.78 is 16.8. The molecule has 10 heteroatoms. The van der Waals surface area contributed by atoms with E-state index in [1.54, 1.807) is 18.2 Å². The van der Waals surface area contributed by atoms with Gasteiger partial charge in [-0.2, -0.15) is 0 Å². The number of anilines is 1. The van der Waals surface area contributed by atoms with Gasteiger partial charge in [0.15, 0.2) is 5.76 Å². The number of rotatable bonds is 13. The van der Waals surface area contributed by atoms with Crippen molar-refractivity contribution in [3.05, 3.63) is 82.1 Å². The van der Waals surface area contributed by atoms with E-state index in [-0.39, 0.29) is 43.1 Å². The zero-order chi connectivity index (χ0) is 24.2. The fourth-order valence-electron chi connectivity index (χ4n) is 3.43. The number of amides is 1. The number of nitro benzene ring substituents is 1. The summed E-state index contributed by atoms with van der Waals surface area (Å²) >= 11 is 0. The highest BCUT2D eigenvalue weighted by molar-refractivity contribution is 5.91. The first-order valence-electron chi connectivity index (χ1n) is 11.1. The molecule has 2 atom stereocenters. The molecule has 0 saturated carbocycles. The van der Waals surface area contributed by atoms with Gasteiger partial charge in [-0.05, 0) is 23.8 Å². The molecule has 0 aliphatic carbocycles. The lowest BCUT2D eigenvalue weighted by atomic mass is 9.93. The van der Waals surface area contributed by atoms with Crippen molar-refractivity contribution in [3.8, 4) is 0 Å². The number of carbonyl (C=O) groups is 1. The number of ether oxygens (including phenoxy) is 3. The Hall–Kier alpha value is -3.47. The Morgan fingerprint density at radius 3 is 2.56 bits per heavy atom. The molecule has 34 heavy (non-hydrogen) atoms. The maximum atomic E-state index is 12.8. The van der Waals surface area contributed by atoms with E-state index in [0.29, 0.717) is 31.8 Å². The van der Waals surface area contributed by atoms with Gasteiger partial charge in [0.25, 0.3) is 11.6 Å². The van der Waals surface area contributed by atoms with E-state index >= 15 is 0 Å². The lowest BCUT2D eigenvalue weighted by Crippen LogP contribution is -2.35. The molecule has 0 fully saturated rings. The molecule has 1 heterocycles. The molecule has 0 radical (unpaired) electrons. The lowest BCUT2D eigenvalue weighted by Gasteiger charge is -2.29. The number of aliphatic hydroxyl groups excluding tert-OH is 1. The topological polar surface area (TPSA) is 132 Å². The van der Waals surface area contributed by atoms with Gasteiger partial charge in [-0.1, -0.05) is 30.3 Å². The number of benzene rings is 2. The highest BCUT2D eigenvalue weighted by Crippen LogP contribution is 2.31. The molecule has 0 bridgehead atoms. The minimum absolute atomic E-state index is 0.0185. The molecule has 0 saturated heterocycles. The molecule has 1 aliphatic heterocycles. The van der Waals surface area contributed by atoms with Crippen molar-refractivity contribution >= 4 is 17.3 Å². The van der Waals surface area contributed by atoms with Gasteiger partial charge in [0.2, 0.25) is 6.29 Å². The van der Waals surface area contributed by atoms with Crippen LogP contribution in [0.15, 0.2) is 66.4 Å². The Morgan fingerprint density at radius 1 is 1.09 bits per heavy atom. The van der Waals surface area contributed by atoms with Crippen molar-refractivity contribution in [1.82, 2.24) is 5.32 Å². The Bertz CT molecular complexity index is 951. The molecule has 0 unspecified atom stereocenters. The fraction of sp³-hybridized carbons (Fsp3) is 0.375. The first kappa shape index (κ1) is 25.2. The summed E-state index contributed by atoms with van der Waals surface area (Å²) in [6.07, 6.45) is 1.76. The van der Waals surface area contributed by atoms with Crippen LogP contribution < -0.4 is 10.6 Å². The van der Waals surface area contributed by atoms with E-state index in [1.807, 2.05) is 30.3 Å². The van der Waals surface area contributed by atoms with Gasteiger partial charge in [0.05, 0.1) is 31.4 Å². The standard InChI is InChI=1S/C24H29N3O7/c28-12-13-32-14-15-33-23-17-19(18-4-2-1-3-5-18)16-22(34-23)24(29)26-11-10-25-20-6-8-21(9-7-20)27(30)31/h1-9,16,19,23,25,28H,10-15,17H2,(H,26,29)/t19-,23+/m0/s1. The normalized spacial score (nSPS) is 17.4. The molecule has 2 aromatic carbocycles. The molecule has 0 aromatic heterocycles. The zero-order valence-electron chi connectivity index (χ0n) is 18.7. The molecule has 3 N–H and O–H groups in total. The number of nitrogens with one attached hydrogen (secondary N) is 2. The van der Waals surface area contributed by atoms with Gasteiger partial charge in [-0.15, -0.1) is 0 Å². The van der Waals surface area contributed by atoms with Crippen LogP contribution in [0.25, 0.3) is 0 Å². The minimum Gasteiger partial charge on any atom is -0.459 e. The number of carbonyl (C=O) groups excluding carboxylic acids is 1. The molecule has 10 nitrogen and oxygen atoms in total. The van der Waals surface area contributed by atoms with Crippen molar-refractivity contribution in [2.45, 2.75) is 18.6 Å². The van der Waals surface area contributed by atoms with E-state index in [9.17, 15) is 14.9 Å². The lowest BCUT2D eigenvalue weighted by molar-refractivity contribution is -0.384. The van der Waals surface area contributed by atoms with E-state index in [1.165, 1.54) is 12.1 Å². The predicted molar refractivity (Wildman–Crippen MR) is 125 cm³/mol. The third-order valence-corrected chi connectivity index (χ3v) is 5.09. The number of hydrogen-bond acceptors (Lipinski definition) is 8. The Morgan fingerprint density at radius 2 is 1.85 bits per heavy atom. The Balaban J connectivity index is 1.53. The largest absolute Gasteiger partial charge is 0.459 e. The number of nitro groups is 1. The summed E-state index contributed by atoms with van der Waals surface area (Å²) in [5.41, 5.74) is 1.79. The van der Waals surface area contributed by atoms with Crippen LogP contribution in [-0.4, -0.2) is 61.7 Å². The number of hydrogen-bond donors (Lipinski definition) is 3. The van der Waals surface area contributed by atoms with E-state index in [0.717, 1.165) is 5.56 Å². The number of nitrogens with zero attached hydrogens (tertiary/aromatic N) is 1. The number of non-ortho nitro benzene ring substituents is 1. The van der Waals surface area contributed by atoms with Crippen molar-refractivity contribution in [2.75, 3.05) is 44.8 Å². The number of aliphatic hydroxyl groups is 1. The van der Waals surface area contributed by atoms with Crippen LogP contribution in [0.1, 0.15) is 17.9 Å². The minimum atomic E-state index is -0.605. The van der Waals surface area contributed by atoms with Crippen LogP contribution in [-0.2, 0) is 19.0 Å². The van der Waals surface area contributed by atoms with E-state index in [2.05, 4.69) is 10.6 Å². The van der Waals surface area contributed by atoms with Gasteiger partial charge in [-0.3, -0.25) is 14.9 Å². The van der Waals surface area contributed by atoms with Crippen LogP contribution in [0.4, 0.5) is 11.4 Å². The van der Waals surface area contributed by atoms with Crippen LogP contribution in [0.5, 0.6) is 0 Å². The van der Waals surface area contributed by atoms with Gasteiger partial charge in [0, 0.05) is 43.2 Å². The first-order chi connectivity index (χ1) is 16.6. The summed E-state index contributed by atoms with van der Waals surface area (Å²) in [7, 11) is 0. The van der Waals surface area contributed by atoms with Crippen LogP contribution >= 0.6 is 0 Å². The van der Waals surface area contributed by atoms with Gasteiger partial charge in [-0.25, -0.2) is 0 Å². The Labute approximate surface area is 197 Å². The molecule has 1 amide bonds. The predicted octanol–water partition coefficient (Wildman–Crippen LogP) is 2.56. The SMILES string of the molecule is O=C(NCCNc1ccc([N+](=O)[O-])cc1)C1=C[C@H](c2ccccc2)C[C@H](OCCOCCO)O1. The summed E-state index contributed by atoms with van der Waals surface area (Å²) in [6, 6.07) is 15.9. The first-order valence-corrected chi connectivity index (χ1v) is 11.1. The molecule has 182 valence electrons. The second-order valence-electron chi connectivity index (χ2n) is 7.52. The van der Waals surface area contributed by atoms with Crippen molar-refractivity contribution in [1.29, 1.82) is 0 Å². The van der Waals surface area contributed by atoms with Crippen molar-refractivity contribution in [2.24, 2.45) is 0 Å². The quantitative estimate of drug-likeness (QED) is 0.231. The fourth-order valence-corrected chi connectivity index (χ4v) is 3.43. The Kier molecular flexibility index (Phi) is 9.83. The third-order valence-electron chi connectivity index (χ3n) is 5.09. The molecular weight excluding hydrogens is 442 g/mol. The van der Waals surface area contributed by atoms with Crippen LogP contribution in [0, 0.1) is 10.1 Å². The van der Waals surface area contributed by atoms with Gasteiger partial charge in [0.1, 0.15) is 0 Å².